The van der Waals surface area contributed by atoms with Crippen LogP contribution < -0.4 is 4.72 Å². The molecular weight excluding hydrogens is 296 g/mol. The maximum absolute atomic E-state index is 12.1. The first-order valence-electron chi connectivity index (χ1n) is 6.79. The van der Waals surface area contributed by atoms with Crippen LogP contribution >= 0.6 is 0 Å². The van der Waals surface area contributed by atoms with Gasteiger partial charge in [0.25, 0.3) is 5.69 Å². The zero-order valence-electron chi connectivity index (χ0n) is 11.4. The van der Waals surface area contributed by atoms with E-state index in [-0.39, 0.29) is 11.3 Å². The number of nitrogens with one attached hydrogen (secondary N) is 1. The molecule has 0 aromatic heterocycles. The third kappa shape index (κ3) is 4.23. The Morgan fingerprint density at radius 2 is 1.95 bits per heavy atom. The number of nitro groups is 1. The highest BCUT2D eigenvalue weighted by molar-refractivity contribution is 7.88. The van der Waals surface area contributed by atoms with Gasteiger partial charge < -0.3 is 5.11 Å². The molecular formula is C13H18N2O5S. The lowest BCUT2D eigenvalue weighted by atomic mass is 9.93. The zero-order chi connectivity index (χ0) is 15.5. The minimum atomic E-state index is -3.74. The molecule has 1 aromatic carbocycles. The van der Waals surface area contributed by atoms with E-state index in [9.17, 15) is 23.6 Å². The van der Waals surface area contributed by atoms with E-state index in [2.05, 4.69) is 4.72 Å². The second kappa shape index (κ2) is 6.50. The molecule has 1 fully saturated rings. The van der Waals surface area contributed by atoms with Gasteiger partial charge in [0.2, 0.25) is 10.0 Å². The summed E-state index contributed by atoms with van der Waals surface area (Å²) in [5, 5.41) is 20.7. The van der Waals surface area contributed by atoms with Crippen LogP contribution in [0.1, 0.15) is 31.2 Å². The van der Waals surface area contributed by atoms with Crippen molar-refractivity contribution >= 4 is 15.7 Å². The summed E-state index contributed by atoms with van der Waals surface area (Å²) in [5.41, 5.74) is -0.0765. The van der Waals surface area contributed by atoms with Crippen LogP contribution in [-0.2, 0) is 15.8 Å². The van der Waals surface area contributed by atoms with Crippen molar-refractivity contribution in [2.45, 2.75) is 43.6 Å². The highest BCUT2D eigenvalue weighted by Gasteiger charge is 2.28. The summed E-state index contributed by atoms with van der Waals surface area (Å²) in [7, 11) is -3.74. The lowest BCUT2D eigenvalue weighted by Crippen LogP contribution is -2.45. The summed E-state index contributed by atoms with van der Waals surface area (Å²) in [6, 6.07) is 5.25. The Kier molecular flexibility index (Phi) is 4.92. The Hall–Kier alpha value is -1.51. The Labute approximate surface area is 123 Å². The minimum Gasteiger partial charge on any atom is -0.391 e. The fourth-order valence-corrected chi connectivity index (χ4v) is 4.01. The van der Waals surface area contributed by atoms with Crippen LogP contribution in [0, 0.1) is 10.1 Å². The van der Waals surface area contributed by atoms with E-state index >= 15 is 0 Å². The van der Waals surface area contributed by atoms with Crippen molar-refractivity contribution in [2.75, 3.05) is 0 Å². The molecule has 7 nitrogen and oxygen atoms in total. The van der Waals surface area contributed by atoms with E-state index in [1.807, 2.05) is 0 Å². The molecule has 0 bridgehead atoms. The van der Waals surface area contributed by atoms with E-state index < -0.39 is 32.8 Å². The summed E-state index contributed by atoms with van der Waals surface area (Å²) in [6.07, 6.45) is 2.19. The van der Waals surface area contributed by atoms with Gasteiger partial charge in [0.15, 0.2) is 0 Å². The summed E-state index contributed by atoms with van der Waals surface area (Å²) in [4.78, 5) is 10.3. The third-order valence-electron chi connectivity index (χ3n) is 3.59. The number of rotatable bonds is 5. The molecule has 21 heavy (non-hydrogen) atoms. The van der Waals surface area contributed by atoms with E-state index in [0.29, 0.717) is 12.8 Å². The Balaban J connectivity index is 2.12. The van der Waals surface area contributed by atoms with Gasteiger partial charge in [-0.15, -0.1) is 0 Å². The molecule has 2 atom stereocenters. The smallest absolute Gasteiger partial charge is 0.273 e. The average molecular weight is 314 g/mol. The van der Waals surface area contributed by atoms with E-state index in [0.717, 1.165) is 12.8 Å². The first kappa shape index (κ1) is 15.9. The standard InChI is InChI=1S/C13H18N2O5S/c16-13-8-4-2-6-11(13)14-21(19,20)9-10-5-1-3-7-12(10)15(17)18/h1,3,5,7,11,13-14,16H,2,4,6,8-9H2/t11-,13-/m0/s1. The number of aliphatic hydroxyl groups excluding tert-OH is 1. The van der Waals surface area contributed by atoms with Crippen LogP contribution in [0.4, 0.5) is 5.69 Å². The maximum atomic E-state index is 12.1. The molecule has 0 saturated heterocycles. The molecule has 1 aromatic rings. The van der Waals surface area contributed by atoms with Gasteiger partial charge in [-0.25, -0.2) is 13.1 Å². The molecule has 0 spiro atoms. The molecule has 1 aliphatic rings. The van der Waals surface area contributed by atoms with Crippen LogP contribution in [-0.4, -0.2) is 30.6 Å². The normalized spacial score (nSPS) is 22.9. The molecule has 8 heteroatoms. The Bertz CT molecular complexity index is 617. The fraction of sp³-hybridized carbons (Fsp3) is 0.538. The lowest BCUT2D eigenvalue weighted by molar-refractivity contribution is -0.385. The molecule has 1 aliphatic carbocycles. The molecule has 0 heterocycles. The number of hydrogen-bond donors (Lipinski definition) is 2. The van der Waals surface area contributed by atoms with E-state index in [1.54, 1.807) is 6.07 Å². The number of hydrogen-bond acceptors (Lipinski definition) is 5. The van der Waals surface area contributed by atoms with Crippen molar-refractivity contribution in [3.8, 4) is 0 Å². The topological polar surface area (TPSA) is 110 Å². The number of aliphatic hydroxyl groups is 1. The van der Waals surface area contributed by atoms with Crippen molar-refractivity contribution in [1.29, 1.82) is 0 Å². The molecule has 2 N–H and O–H groups in total. The van der Waals surface area contributed by atoms with Gasteiger partial charge in [-0.2, -0.15) is 0 Å². The summed E-state index contributed by atoms with van der Waals surface area (Å²) in [5.74, 6) is -0.465. The number of benzene rings is 1. The molecule has 116 valence electrons. The second-order valence-corrected chi connectivity index (χ2v) is 6.97. The van der Waals surface area contributed by atoms with Crippen molar-refractivity contribution in [1.82, 2.24) is 4.72 Å². The molecule has 0 amide bonds. The van der Waals surface area contributed by atoms with Gasteiger partial charge in [-0.3, -0.25) is 10.1 Å². The van der Waals surface area contributed by atoms with Gasteiger partial charge in [0.05, 0.1) is 16.8 Å². The van der Waals surface area contributed by atoms with Crippen molar-refractivity contribution < 1.29 is 18.4 Å². The average Bonchev–Trinajstić information content (AvgIpc) is 2.41. The van der Waals surface area contributed by atoms with Gasteiger partial charge in [-0.05, 0) is 12.8 Å². The van der Waals surface area contributed by atoms with Gasteiger partial charge >= 0.3 is 0 Å². The SMILES string of the molecule is O=[N+]([O-])c1ccccc1CS(=O)(=O)N[C@H]1CCCC[C@@H]1O. The molecule has 0 unspecified atom stereocenters. The largest absolute Gasteiger partial charge is 0.391 e. The highest BCUT2D eigenvalue weighted by Crippen LogP contribution is 2.22. The van der Waals surface area contributed by atoms with Crippen molar-refractivity contribution in [3.05, 3.63) is 39.9 Å². The summed E-state index contributed by atoms with van der Waals surface area (Å²) >= 11 is 0. The Morgan fingerprint density at radius 3 is 2.62 bits per heavy atom. The quantitative estimate of drug-likeness (QED) is 0.629. The summed E-state index contributed by atoms with van der Waals surface area (Å²) < 4.78 is 26.7. The minimum absolute atomic E-state index is 0.139. The monoisotopic (exact) mass is 314 g/mol. The molecule has 0 aliphatic heterocycles. The maximum Gasteiger partial charge on any atom is 0.273 e. The second-order valence-electron chi connectivity index (χ2n) is 5.22. The number of para-hydroxylation sites is 1. The fourth-order valence-electron chi connectivity index (χ4n) is 2.54. The number of nitrogens with zero attached hydrogens (tertiary/aromatic N) is 1. The molecule has 0 radical (unpaired) electrons. The molecule has 2 rings (SSSR count). The van der Waals surface area contributed by atoms with Gasteiger partial charge in [-0.1, -0.05) is 31.0 Å². The van der Waals surface area contributed by atoms with E-state index in [4.69, 9.17) is 0 Å². The third-order valence-corrected chi connectivity index (χ3v) is 4.95. The van der Waals surface area contributed by atoms with Gasteiger partial charge in [0.1, 0.15) is 0 Å². The van der Waals surface area contributed by atoms with Crippen molar-refractivity contribution in [3.63, 3.8) is 0 Å². The van der Waals surface area contributed by atoms with Crippen LogP contribution in [0.2, 0.25) is 0 Å². The van der Waals surface area contributed by atoms with Gasteiger partial charge in [0, 0.05) is 17.7 Å². The predicted molar refractivity (Wildman–Crippen MR) is 77.1 cm³/mol. The van der Waals surface area contributed by atoms with Crippen LogP contribution in [0.5, 0.6) is 0 Å². The van der Waals surface area contributed by atoms with Crippen molar-refractivity contribution in [2.24, 2.45) is 0 Å². The highest BCUT2D eigenvalue weighted by atomic mass is 32.2. The van der Waals surface area contributed by atoms with E-state index in [1.165, 1.54) is 18.2 Å². The van der Waals surface area contributed by atoms with Crippen LogP contribution in [0.25, 0.3) is 0 Å². The lowest BCUT2D eigenvalue weighted by Gasteiger charge is -2.28. The predicted octanol–water partition coefficient (Wildman–Crippen LogP) is 1.32. The van der Waals surface area contributed by atoms with Crippen LogP contribution in [0.3, 0.4) is 0 Å². The number of sulfonamides is 1. The van der Waals surface area contributed by atoms with Crippen LogP contribution in [0.15, 0.2) is 24.3 Å². The molecule has 1 saturated carbocycles. The Morgan fingerprint density at radius 1 is 1.29 bits per heavy atom. The summed E-state index contributed by atoms with van der Waals surface area (Å²) in [6.45, 7) is 0. The zero-order valence-corrected chi connectivity index (χ0v) is 12.3. The first-order chi connectivity index (χ1) is 9.89. The number of nitro benzene ring substituents is 1. The first-order valence-corrected chi connectivity index (χ1v) is 8.44.